The zero-order valence-corrected chi connectivity index (χ0v) is 9.41. The highest BCUT2D eigenvalue weighted by molar-refractivity contribution is 6.33. The van der Waals surface area contributed by atoms with Gasteiger partial charge >= 0.3 is 0 Å². The van der Waals surface area contributed by atoms with E-state index in [0.29, 0.717) is 5.02 Å². The minimum atomic E-state index is -0.401. The summed E-state index contributed by atoms with van der Waals surface area (Å²) in [5.74, 6) is 0. The maximum absolute atomic E-state index is 10.7. The summed E-state index contributed by atoms with van der Waals surface area (Å²) in [7, 11) is 0. The number of hydrogen-bond acceptors (Lipinski definition) is 4. The first-order valence-corrected chi connectivity index (χ1v) is 5.46. The van der Waals surface area contributed by atoms with Crippen LogP contribution in [0.25, 0.3) is 0 Å². The van der Waals surface area contributed by atoms with Crippen LogP contribution in [0.5, 0.6) is 0 Å². The molecule has 0 spiro atoms. The Kier molecular flexibility index (Phi) is 3.26. The Labute approximate surface area is 98.2 Å². The van der Waals surface area contributed by atoms with Gasteiger partial charge in [-0.05, 0) is 6.07 Å². The molecule has 0 atom stereocenters. The lowest BCUT2D eigenvalue weighted by atomic mass is 10.2. The number of benzene rings is 1. The minimum absolute atomic E-state index is 0.0814. The van der Waals surface area contributed by atoms with Crippen LogP contribution in [0.15, 0.2) is 18.2 Å². The number of halogens is 1. The molecule has 0 saturated carbocycles. The summed E-state index contributed by atoms with van der Waals surface area (Å²) < 4.78 is 0. The molecule has 0 aromatic heterocycles. The van der Waals surface area contributed by atoms with E-state index < -0.39 is 4.92 Å². The Morgan fingerprint density at radius 3 is 2.69 bits per heavy atom. The van der Waals surface area contributed by atoms with Gasteiger partial charge in [0, 0.05) is 38.3 Å². The number of piperazine rings is 1. The van der Waals surface area contributed by atoms with Gasteiger partial charge in [0.25, 0.3) is 5.69 Å². The molecule has 6 heteroatoms. The summed E-state index contributed by atoms with van der Waals surface area (Å²) in [6.07, 6.45) is 0. The SMILES string of the molecule is O=[N+]([O-])c1ccc(Cl)c(N2CCNCC2)c1. The van der Waals surface area contributed by atoms with E-state index in [-0.39, 0.29) is 5.69 Å². The molecule has 1 N–H and O–H groups in total. The van der Waals surface area contributed by atoms with Crippen molar-refractivity contribution in [2.24, 2.45) is 0 Å². The molecule has 86 valence electrons. The monoisotopic (exact) mass is 241 g/mol. The van der Waals surface area contributed by atoms with Crippen molar-refractivity contribution in [1.82, 2.24) is 5.32 Å². The van der Waals surface area contributed by atoms with Crippen LogP contribution in [-0.4, -0.2) is 31.1 Å². The van der Waals surface area contributed by atoms with E-state index in [1.165, 1.54) is 12.1 Å². The predicted molar refractivity (Wildman–Crippen MR) is 63.2 cm³/mol. The molecular formula is C10H12ClN3O2. The normalized spacial score (nSPS) is 16.2. The van der Waals surface area contributed by atoms with Crippen LogP contribution in [0.2, 0.25) is 5.02 Å². The number of nitro benzene ring substituents is 1. The smallest absolute Gasteiger partial charge is 0.271 e. The lowest BCUT2D eigenvalue weighted by Crippen LogP contribution is -2.43. The van der Waals surface area contributed by atoms with Gasteiger partial charge < -0.3 is 10.2 Å². The average Bonchev–Trinajstić information content (AvgIpc) is 2.30. The van der Waals surface area contributed by atoms with E-state index >= 15 is 0 Å². The van der Waals surface area contributed by atoms with Crippen molar-refractivity contribution in [1.29, 1.82) is 0 Å². The second kappa shape index (κ2) is 4.67. The van der Waals surface area contributed by atoms with Gasteiger partial charge in [-0.15, -0.1) is 0 Å². The van der Waals surface area contributed by atoms with Gasteiger partial charge in [0.1, 0.15) is 0 Å². The number of nitro groups is 1. The van der Waals surface area contributed by atoms with Crippen LogP contribution in [0.4, 0.5) is 11.4 Å². The lowest BCUT2D eigenvalue weighted by molar-refractivity contribution is -0.384. The van der Waals surface area contributed by atoms with Gasteiger partial charge in [0.05, 0.1) is 15.6 Å². The van der Waals surface area contributed by atoms with E-state index in [1.54, 1.807) is 6.07 Å². The van der Waals surface area contributed by atoms with Gasteiger partial charge in [-0.2, -0.15) is 0 Å². The third-order valence-electron chi connectivity index (χ3n) is 2.60. The van der Waals surface area contributed by atoms with Crippen LogP contribution in [0.1, 0.15) is 0 Å². The fourth-order valence-corrected chi connectivity index (χ4v) is 2.00. The van der Waals surface area contributed by atoms with E-state index in [2.05, 4.69) is 10.2 Å². The Balaban J connectivity index is 2.30. The van der Waals surface area contributed by atoms with Crippen molar-refractivity contribution in [2.45, 2.75) is 0 Å². The standard InChI is InChI=1S/C10H12ClN3O2/c11-9-2-1-8(14(15)16)7-10(9)13-5-3-12-4-6-13/h1-2,7,12H,3-6H2. The third-order valence-corrected chi connectivity index (χ3v) is 2.92. The maximum atomic E-state index is 10.7. The third kappa shape index (κ3) is 2.25. The second-order valence-electron chi connectivity index (χ2n) is 3.63. The van der Waals surface area contributed by atoms with Crippen LogP contribution < -0.4 is 10.2 Å². The molecule has 1 aliphatic heterocycles. The summed E-state index contributed by atoms with van der Waals surface area (Å²) in [4.78, 5) is 12.3. The van der Waals surface area contributed by atoms with E-state index in [0.717, 1.165) is 31.9 Å². The highest BCUT2D eigenvalue weighted by Gasteiger charge is 2.16. The lowest BCUT2D eigenvalue weighted by Gasteiger charge is -2.29. The molecule has 5 nitrogen and oxygen atoms in total. The number of hydrogen-bond donors (Lipinski definition) is 1. The Bertz CT molecular complexity index is 405. The molecule has 1 aliphatic rings. The number of rotatable bonds is 2. The van der Waals surface area contributed by atoms with Gasteiger partial charge in [-0.25, -0.2) is 0 Å². The molecule has 0 aliphatic carbocycles. The molecule has 1 aromatic carbocycles. The Hall–Kier alpha value is -1.33. The number of nitrogens with zero attached hydrogens (tertiary/aromatic N) is 2. The number of anilines is 1. The molecule has 0 radical (unpaired) electrons. The summed E-state index contributed by atoms with van der Waals surface area (Å²) in [5.41, 5.74) is 0.829. The van der Waals surface area contributed by atoms with Crippen LogP contribution in [0.3, 0.4) is 0 Å². The van der Waals surface area contributed by atoms with Crippen molar-refractivity contribution in [2.75, 3.05) is 31.1 Å². The zero-order chi connectivity index (χ0) is 11.5. The summed E-state index contributed by atoms with van der Waals surface area (Å²) >= 11 is 6.05. The largest absolute Gasteiger partial charge is 0.368 e. The molecule has 0 unspecified atom stereocenters. The highest BCUT2D eigenvalue weighted by atomic mass is 35.5. The first-order chi connectivity index (χ1) is 7.68. The fraction of sp³-hybridized carbons (Fsp3) is 0.400. The second-order valence-corrected chi connectivity index (χ2v) is 4.04. The summed E-state index contributed by atoms with van der Waals surface area (Å²) in [6.45, 7) is 3.39. The summed E-state index contributed by atoms with van der Waals surface area (Å²) in [6, 6.07) is 4.54. The Morgan fingerprint density at radius 2 is 2.06 bits per heavy atom. The molecule has 16 heavy (non-hydrogen) atoms. The van der Waals surface area contributed by atoms with Crippen molar-refractivity contribution in [3.05, 3.63) is 33.3 Å². The molecule has 0 amide bonds. The maximum Gasteiger partial charge on any atom is 0.271 e. The minimum Gasteiger partial charge on any atom is -0.368 e. The molecule has 1 saturated heterocycles. The first-order valence-electron chi connectivity index (χ1n) is 5.08. The van der Waals surface area contributed by atoms with Gasteiger partial charge in [0.2, 0.25) is 0 Å². The van der Waals surface area contributed by atoms with E-state index in [4.69, 9.17) is 11.6 Å². The zero-order valence-electron chi connectivity index (χ0n) is 8.65. The highest BCUT2D eigenvalue weighted by Crippen LogP contribution is 2.30. The first kappa shape index (κ1) is 11.2. The average molecular weight is 242 g/mol. The fourth-order valence-electron chi connectivity index (χ4n) is 1.76. The van der Waals surface area contributed by atoms with Gasteiger partial charge in [-0.3, -0.25) is 10.1 Å². The molecular weight excluding hydrogens is 230 g/mol. The molecule has 1 heterocycles. The Morgan fingerprint density at radius 1 is 1.38 bits per heavy atom. The van der Waals surface area contributed by atoms with Crippen LogP contribution >= 0.6 is 11.6 Å². The number of nitrogens with one attached hydrogen (secondary N) is 1. The number of non-ortho nitro benzene ring substituents is 1. The molecule has 1 aromatic rings. The van der Waals surface area contributed by atoms with Crippen molar-refractivity contribution >= 4 is 23.0 Å². The van der Waals surface area contributed by atoms with Crippen molar-refractivity contribution < 1.29 is 4.92 Å². The summed E-state index contributed by atoms with van der Waals surface area (Å²) in [5, 5.41) is 14.5. The predicted octanol–water partition coefficient (Wildman–Crippen LogP) is 1.66. The topological polar surface area (TPSA) is 58.4 Å². The molecule has 0 bridgehead atoms. The molecule has 2 rings (SSSR count). The van der Waals surface area contributed by atoms with Gasteiger partial charge in [0.15, 0.2) is 0 Å². The van der Waals surface area contributed by atoms with Gasteiger partial charge in [-0.1, -0.05) is 11.6 Å². The van der Waals surface area contributed by atoms with E-state index in [1.807, 2.05) is 0 Å². The van der Waals surface area contributed by atoms with Crippen LogP contribution in [-0.2, 0) is 0 Å². The van der Waals surface area contributed by atoms with Crippen molar-refractivity contribution in [3.8, 4) is 0 Å². The van der Waals surface area contributed by atoms with Crippen LogP contribution in [0, 0.1) is 10.1 Å². The van der Waals surface area contributed by atoms with E-state index in [9.17, 15) is 10.1 Å². The van der Waals surface area contributed by atoms with Crippen molar-refractivity contribution in [3.63, 3.8) is 0 Å². The molecule has 1 fully saturated rings. The quantitative estimate of drug-likeness (QED) is 0.632.